The van der Waals surface area contributed by atoms with E-state index >= 15 is 0 Å². The lowest BCUT2D eigenvalue weighted by Crippen LogP contribution is -2.29. The Hall–Kier alpha value is -2.13. The summed E-state index contributed by atoms with van der Waals surface area (Å²) in [4.78, 5) is 12.6. The third kappa shape index (κ3) is 4.52. The number of nitro groups is 1. The molecule has 1 rings (SSSR count). The maximum atomic E-state index is 10.9. The molecule has 1 aromatic carbocycles. The number of benzene rings is 1. The van der Waals surface area contributed by atoms with Gasteiger partial charge in [0, 0.05) is 24.8 Å². The van der Waals surface area contributed by atoms with E-state index in [-0.39, 0.29) is 11.3 Å². The minimum atomic E-state index is -0.529. The van der Waals surface area contributed by atoms with Crippen molar-refractivity contribution < 1.29 is 4.92 Å². The van der Waals surface area contributed by atoms with E-state index in [0.29, 0.717) is 5.69 Å². The van der Waals surface area contributed by atoms with Gasteiger partial charge in [-0.15, -0.1) is 0 Å². The molecule has 0 atom stereocenters. The van der Waals surface area contributed by atoms with Crippen molar-refractivity contribution in [3.63, 3.8) is 0 Å². The van der Waals surface area contributed by atoms with Crippen LogP contribution in [-0.4, -0.2) is 36.0 Å². The van der Waals surface area contributed by atoms with Gasteiger partial charge in [0.25, 0.3) is 5.69 Å². The van der Waals surface area contributed by atoms with Crippen molar-refractivity contribution in [2.75, 3.05) is 31.5 Å². The molecule has 1 N–H and O–H groups in total. The molecule has 0 aromatic heterocycles. The third-order valence-electron chi connectivity index (χ3n) is 3.06. The van der Waals surface area contributed by atoms with Crippen molar-refractivity contribution in [2.45, 2.75) is 20.3 Å². The Bertz CT molecular complexity index is 496. The highest BCUT2D eigenvalue weighted by molar-refractivity contribution is 5.59. The molecule has 0 aliphatic rings. The summed E-state index contributed by atoms with van der Waals surface area (Å²) >= 11 is 0. The molecular formula is C14H20N4O2. The van der Waals surface area contributed by atoms with Gasteiger partial charge in [-0.25, -0.2) is 0 Å². The van der Waals surface area contributed by atoms with E-state index < -0.39 is 4.92 Å². The zero-order chi connectivity index (χ0) is 15.0. The number of rotatable bonds is 8. The molecule has 6 nitrogen and oxygen atoms in total. The smallest absolute Gasteiger partial charge is 0.289 e. The van der Waals surface area contributed by atoms with Crippen LogP contribution < -0.4 is 5.32 Å². The van der Waals surface area contributed by atoms with Crippen LogP contribution in [0, 0.1) is 21.4 Å². The number of nitrogens with zero attached hydrogens (tertiary/aromatic N) is 3. The molecule has 1 aromatic rings. The first-order chi connectivity index (χ1) is 9.62. The standard InChI is InChI=1S/C14H20N4O2/c1-3-8-17(4-2)9-7-16-13-6-5-12(11-15)14(10-13)18(19)20/h5-6,10,16H,3-4,7-9H2,1-2H3. The molecule has 0 saturated carbocycles. The molecule has 20 heavy (non-hydrogen) atoms. The lowest BCUT2D eigenvalue weighted by atomic mass is 10.2. The number of hydrogen-bond acceptors (Lipinski definition) is 5. The predicted octanol–water partition coefficient (Wildman–Crippen LogP) is 2.61. The zero-order valence-electron chi connectivity index (χ0n) is 11.9. The van der Waals surface area contributed by atoms with Crippen LogP contribution >= 0.6 is 0 Å². The predicted molar refractivity (Wildman–Crippen MR) is 78.7 cm³/mol. The molecule has 108 valence electrons. The molecule has 6 heteroatoms. The Morgan fingerprint density at radius 3 is 2.70 bits per heavy atom. The van der Waals surface area contributed by atoms with E-state index in [1.54, 1.807) is 6.07 Å². The Balaban J connectivity index is 2.63. The highest BCUT2D eigenvalue weighted by Crippen LogP contribution is 2.22. The van der Waals surface area contributed by atoms with E-state index in [4.69, 9.17) is 5.26 Å². The fourth-order valence-corrected chi connectivity index (χ4v) is 1.99. The average molecular weight is 276 g/mol. The van der Waals surface area contributed by atoms with Gasteiger partial charge in [-0.1, -0.05) is 13.8 Å². The normalized spacial score (nSPS) is 10.3. The first-order valence-electron chi connectivity index (χ1n) is 6.77. The third-order valence-corrected chi connectivity index (χ3v) is 3.06. The van der Waals surface area contributed by atoms with Gasteiger partial charge < -0.3 is 10.2 Å². The summed E-state index contributed by atoms with van der Waals surface area (Å²) in [5.41, 5.74) is 0.600. The molecule has 0 aliphatic heterocycles. The van der Waals surface area contributed by atoms with Crippen molar-refractivity contribution in [3.05, 3.63) is 33.9 Å². The van der Waals surface area contributed by atoms with Crippen LogP contribution in [0.4, 0.5) is 11.4 Å². The van der Waals surface area contributed by atoms with Crippen molar-refractivity contribution in [1.29, 1.82) is 5.26 Å². The van der Waals surface area contributed by atoms with Gasteiger partial charge >= 0.3 is 0 Å². The number of nitro benzene ring substituents is 1. The van der Waals surface area contributed by atoms with Crippen LogP contribution in [0.5, 0.6) is 0 Å². The van der Waals surface area contributed by atoms with Crippen molar-refractivity contribution >= 4 is 11.4 Å². The van der Waals surface area contributed by atoms with Gasteiger partial charge in [0.05, 0.1) is 4.92 Å². The maximum absolute atomic E-state index is 10.9. The summed E-state index contributed by atoms with van der Waals surface area (Å²) in [5.74, 6) is 0. The molecule has 0 saturated heterocycles. The van der Waals surface area contributed by atoms with Crippen molar-refractivity contribution in [1.82, 2.24) is 4.90 Å². The molecule has 0 radical (unpaired) electrons. The van der Waals surface area contributed by atoms with E-state index in [0.717, 1.165) is 32.6 Å². The van der Waals surface area contributed by atoms with Crippen LogP contribution in [0.2, 0.25) is 0 Å². The van der Waals surface area contributed by atoms with E-state index in [1.165, 1.54) is 12.1 Å². The van der Waals surface area contributed by atoms with Gasteiger partial charge in [0.2, 0.25) is 0 Å². The second kappa shape index (κ2) is 8.12. The highest BCUT2D eigenvalue weighted by Gasteiger charge is 2.14. The Morgan fingerprint density at radius 1 is 1.40 bits per heavy atom. The minimum Gasteiger partial charge on any atom is -0.384 e. The molecule has 0 amide bonds. The SMILES string of the molecule is CCCN(CC)CCNc1ccc(C#N)c([N+](=O)[O-])c1. The minimum absolute atomic E-state index is 0.0849. The van der Waals surface area contributed by atoms with Crippen LogP contribution in [0.1, 0.15) is 25.8 Å². The first-order valence-corrected chi connectivity index (χ1v) is 6.77. The molecule has 0 bridgehead atoms. The number of anilines is 1. The lowest BCUT2D eigenvalue weighted by Gasteiger charge is -2.19. The van der Waals surface area contributed by atoms with Gasteiger partial charge in [-0.3, -0.25) is 10.1 Å². The van der Waals surface area contributed by atoms with Gasteiger partial charge in [-0.2, -0.15) is 5.26 Å². The van der Waals surface area contributed by atoms with E-state index in [1.807, 2.05) is 6.07 Å². The second-order valence-electron chi connectivity index (χ2n) is 4.46. The maximum Gasteiger partial charge on any atom is 0.289 e. The van der Waals surface area contributed by atoms with Gasteiger partial charge in [-0.05, 0) is 31.6 Å². The summed E-state index contributed by atoms with van der Waals surface area (Å²) in [6, 6.07) is 6.41. The fraction of sp³-hybridized carbons (Fsp3) is 0.500. The number of likely N-dealkylation sites (N-methyl/N-ethyl adjacent to an activating group) is 1. The van der Waals surface area contributed by atoms with Crippen LogP contribution in [0.25, 0.3) is 0 Å². The highest BCUT2D eigenvalue weighted by atomic mass is 16.6. The monoisotopic (exact) mass is 276 g/mol. The Kier molecular flexibility index (Phi) is 6.47. The molecule has 0 fully saturated rings. The summed E-state index contributed by atoms with van der Waals surface area (Å²) in [6.07, 6.45) is 1.11. The van der Waals surface area contributed by atoms with Crippen LogP contribution in [-0.2, 0) is 0 Å². The average Bonchev–Trinajstić information content (AvgIpc) is 2.46. The van der Waals surface area contributed by atoms with E-state index in [9.17, 15) is 10.1 Å². The quantitative estimate of drug-likeness (QED) is 0.583. The Labute approximate surface area is 119 Å². The molecular weight excluding hydrogens is 256 g/mol. The molecule has 0 aliphatic carbocycles. The van der Waals surface area contributed by atoms with Gasteiger partial charge in [0.15, 0.2) is 0 Å². The lowest BCUT2D eigenvalue weighted by molar-refractivity contribution is -0.385. The summed E-state index contributed by atoms with van der Waals surface area (Å²) in [5, 5.41) is 22.8. The van der Waals surface area contributed by atoms with Crippen molar-refractivity contribution in [2.24, 2.45) is 0 Å². The second-order valence-corrected chi connectivity index (χ2v) is 4.46. The van der Waals surface area contributed by atoms with Crippen LogP contribution in [0.3, 0.4) is 0 Å². The zero-order valence-corrected chi connectivity index (χ0v) is 11.9. The van der Waals surface area contributed by atoms with Crippen LogP contribution in [0.15, 0.2) is 18.2 Å². The summed E-state index contributed by atoms with van der Waals surface area (Å²) < 4.78 is 0. The van der Waals surface area contributed by atoms with Crippen molar-refractivity contribution in [3.8, 4) is 6.07 Å². The molecule has 0 heterocycles. The molecule has 0 unspecified atom stereocenters. The Morgan fingerprint density at radius 2 is 2.15 bits per heavy atom. The van der Waals surface area contributed by atoms with Gasteiger partial charge in [0.1, 0.15) is 11.6 Å². The largest absolute Gasteiger partial charge is 0.384 e. The number of nitriles is 1. The first kappa shape index (κ1) is 15.9. The fourth-order valence-electron chi connectivity index (χ4n) is 1.99. The summed E-state index contributed by atoms with van der Waals surface area (Å²) in [7, 11) is 0. The number of hydrogen-bond donors (Lipinski definition) is 1. The topological polar surface area (TPSA) is 82.2 Å². The molecule has 0 spiro atoms. The van der Waals surface area contributed by atoms with E-state index in [2.05, 4.69) is 24.1 Å². The summed E-state index contributed by atoms with van der Waals surface area (Å²) in [6.45, 7) is 7.89. The number of nitrogens with one attached hydrogen (secondary N) is 1.